The van der Waals surface area contributed by atoms with Gasteiger partial charge in [0.1, 0.15) is 23.7 Å². The van der Waals surface area contributed by atoms with Gasteiger partial charge in [-0.3, -0.25) is 0 Å². The van der Waals surface area contributed by atoms with Gasteiger partial charge in [0.25, 0.3) is 0 Å². The molecule has 0 bridgehead atoms. The molecule has 0 radical (unpaired) electrons. The zero-order valence-electron chi connectivity index (χ0n) is 12.5. The van der Waals surface area contributed by atoms with E-state index in [0.29, 0.717) is 21.5 Å². The van der Waals surface area contributed by atoms with Crippen LogP contribution in [0.15, 0.2) is 53.8 Å². The maximum atomic E-state index is 10.1. The molecule has 1 N–H and O–H groups in total. The van der Waals surface area contributed by atoms with Crippen molar-refractivity contribution in [2.45, 2.75) is 11.1 Å². The molecule has 24 heavy (non-hydrogen) atoms. The number of aliphatic hydroxyl groups excluding tert-OH is 1. The lowest BCUT2D eigenvalue weighted by molar-refractivity contribution is 0.126. The lowest BCUT2D eigenvalue weighted by Gasteiger charge is -2.13. The summed E-state index contributed by atoms with van der Waals surface area (Å²) in [6.07, 6.45) is 0.859. The highest BCUT2D eigenvalue weighted by Crippen LogP contribution is 2.28. The van der Waals surface area contributed by atoms with Gasteiger partial charge < -0.3 is 9.84 Å². The largest absolute Gasteiger partial charge is 0.489 e. The molecule has 0 saturated heterocycles. The number of thioether (sulfide) groups is 1. The number of aromatic nitrogens is 2. The van der Waals surface area contributed by atoms with Gasteiger partial charge in [-0.15, -0.1) is 11.8 Å². The standard InChI is InChI=1S/C17H14Cl2N2O2S/c18-11-5-6-14(19)16(7-11)23-8-12(22)9-24-17-13-3-1-2-4-15(13)20-10-21-17/h1-7,10,12,22H,8-9H2/t12-/m0/s1. The van der Waals surface area contributed by atoms with Gasteiger partial charge in [0.2, 0.25) is 0 Å². The van der Waals surface area contributed by atoms with Crippen LogP contribution in [0.1, 0.15) is 0 Å². The topological polar surface area (TPSA) is 55.2 Å². The lowest BCUT2D eigenvalue weighted by Crippen LogP contribution is -2.20. The van der Waals surface area contributed by atoms with Crippen molar-refractivity contribution in [1.29, 1.82) is 0 Å². The van der Waals surface area contributed by atoms with Gasteiger partial charge in [-0.2, -0.15) is 0 Å². The van der Waals surface area contributed by atoms with E-state index in [2.05, 4.69) is 9.97 Å². The van der Waals surface area contributed by atoms with Crippen LogP contribution in [0.3, 0.4) is 0 Å². The number of fused-ring (bicyclic) bond motifs is 1. The molecule has 0 aliphatic rings. The molecule has 2 aromatic carbocycles. The number of hydrogen-bond acceptors (Lipinski definition) is 5. The van der Waals surface area contributed by atoms with E-state index >= 15 is 0 Å². The van der Waals surface area contributed by atoms with Crippen molar-refractivity contribution >= 4 is 45.9 Å². The summed E-state index contributed by atoms with van der Waals surface area (Å²) in [5.74, 6) is 0.903. The Morgan fingerprint density at radius 3 is 2.83 bits per heavy atom. The Labute approximate surface area is 153 Å². The van der Waals surface area contributed by atoms with Crippen LogP contribution in [-0.2, 0) is 0 Å². The number of rotatable bonds is 6. The molecule has 124 valence electrons. The zero-order valence-corrected chi connectivity index (χ0v) is 14.9. The number of benzene rings is 2. The van der Waals surface area contributed by atoms with Crippen molar-refractivity contribution in [3.8, 4) is 5.75 Å². The van der Waals surface area contributed by atoms with E-state index in [1.807, 2.05) is 24.3 Å². The first-order chi connectivity index (χ1) is 11.6. The summed E-state index contributed by atoms with van der Waals surface area (Å²) >= 11 is 13.4. The van der Waals surface area contributed by atoms with Crippen LogP contribution in [0.25, 0.3) is 10.9 Å². The second-order valence-electron chi connectivity index (χ2n) is 5.05. The fraction of sp³-hybridized carbons (Fsp3) is 0.176. The molecular formula is C17H14Cl2N2O2S. The van der Waals surface area contributed by atoms with Gasteiger partial charge in [-0.05, 0) is 18.2 Å². The van der Waals surface area contributed by atoms with Gasteiger partial charge in [0.15, 0.2) is 0 Å². The molecule has 0 aliphatic carbocycles. The number of halogens is 2. The minimum atomic E-state index is -0.668. The van der Waals surface area contributed by atoms with E-state index < -0.39 is 6.10 Å². The fourth-order valence-electron chi connectivity index (χ4n) is 2.09. The first-order valence-corrected chi connectivity index (χ1v) is 8.96. The van der Waals surface area contributed by atoms with Crippen LogP contribution in [-0.4, -0.2) is 33.5 Å². The van der Waals surface area contributed by atoms with Gasteiger partial charge in [0, 0.05) is 22.2 Å². The Hall–Kier alpha value is -1.53. The van der Waals surface area contributed by atoms with Crippen molar-refractivity contribution in [1.82, 2.24) is 9.97 Å². The average Bonchev–Trinajstić information content (AvgIpc) is 2.60. The molecule has 0 amide bonds. The van der Waals surface area contributed by atoms with E-state index in [0.717, 1.165) is 15.9 Å². The molecule has 0 saturated carbocycles. The van der Waals surface area contributed by atoms with Crippen LogP contribution in [0.5, 0.6) is 5.75 Å². The van der Waals surface area contributed by atoms with Gasteiger partial charge >= 0.3 is 0 Å². The summed E-state index contributed by atoms with van der Waals surface area (Å²) in [7, 11) is 0. The van der Waals surface area contributed by atoms with E-state index in [9.17, 15) is 5.11 Å². The molecule has 7 heteroatoms. The van der Waals surface area contributed by atoms with Crippen LogP contribution < -0.4 is 4.74 Å². The normalized spacial score (nSPS) is 12.3. The Bertz CT molecular complexity index is 842. The predicted octanol–water partition coefficient (Wildman–Crippen LogP) is 4.47. The molecule has 0 spiro atoms. The van der Waals surface area contributed by atoms with Crippen molar-refractivity contribution in [2.24, 2.45) is 0 Å². The van der Waals surface area contributed by atoms with Crippen LogP contribution in [0.2, 0.25) is 10.0 Å². The zero-order chi connectivity index (χ0) is 16.9. The minimum Gasteiger partial charge on any atom is -0.489 e. The number of para-hydroxylation sites is 1. The van der Waals surface area contributed by atoms with Crippen molar-refractivity contribution < 1.29 is 9.84 Å². The second-order valence-corrected chi connectivity index (χ2v) is 6.90. The van der Waals surface area contributed by atoms with Crippen LogP contribution in [0.4, 0.5) is 0 Å². The molecule has 1 heterocycles. The average molecular weight is 381 g/mol. The van der Waals surface area contributed by atoms with E-state index in [1.54, 1.807) is 18.2 Å². The highest BCUT2D eigenvalue weighted by molar-refractivity contribution is 7.99. The summed E-state index contributed by atoms with van der Waals surface area (Å²) in [5, 5.41) is 12.9. The first kappa shape index (κ1) is 17.3. The molecule has 1 aromatic heterocycles. The highest BCUT2D eigenvalue weighted by atomic mass is 35.5. The fourth-order valence-corrected chi connectivity index (χ4v) is 3.32. The first-order valence-electron chi connectivity index (χ1n) is 7.22. The van der Waals surface area contributed by atoms with Gasteiger partial charge in [-0.1, -0.05) is 41.4 Å². The maximum absolute atomic E-state index is 10.1. The van der Waals surface area contributed by atoms with Gasteiger partial charge in [0.05, 0.1) is 16.6 Å². The molecule has 0 fully saturated rings. The third-order valence-electron chi connectivity index (χ3n) is 3.24. The highest BCUT2D eigenvalue weighted by Gasteiger charge is 2.11. The quantitative estimate of drug-likeness (QED) is 0.504. The molecular weight excluding hydrogens is 367 g/mol. The molecule has 3 aromatic rings. The summed E-state index contributed by atoms with van der Waals surface area (Å²) in [6.45, 7) is 0.121. The van der Waals surface area contributed by atoms with Gasteiger partial charge in [-0.25, -0.2) is 9.97 Å². The Balaban J connectivity index is 1.59. The molecule has 0 unspecified atom stereocenters. The minimum absolute atomic E-state index is 0.121. The Morgan fingerprint density at radius 1 is 1.12 bits per heavy atom. The molecule has 4 nitrogen and oxygen atoms in total. The number of aliphatic hydroxyl groups is 1. The molecule has 1 atom stereocenters. The van der Waals surface area contributed by atoms with E-state index in [1.165, 1.54) is 18.1 Å². The predicted molar refractivity (Wildman–Crippen MR) is 98.2 cm³/mol. The summed E-state index contributed by atoms with van der Waals surface area (Å²) < 4.78 is 5.54. The Kier molecular flexibility index (Phi) is 5.79. The van der Waals surface area contributed by atoms with Crippen LogP contribution in [0, 0.1) is 0 Å². The molecule has 3 rings (SSSR count). The summed E-state index contributed by atoms with van der Waals surface area (Å²) in [4.78, 5) is 8.51. The monoisotopic (exact) mass is 380 g/mol. The van der Waals surface area contributed by atoms with Crippen LogP contribution >= 0.6 is 35.0 Å². The third kappa shape index (κ3) is 4.30. The van der Waals surface area contributed by atoms with Crippen molar-refractivity contribution in [3.63, 3.8) is 0 Å². The van der Waals surface area contributed by atoms with Crippen molar-refractivity contribution in [2.75, 3.05) is 12.4 Å². The number of hydrogen-bond donors (Lipinski definition) is 1. The lowest BCUT2D eigenvalue weighted by atomic mass is 10.2. The number of nitrogens with zero attached hydrogens (tertiary/aromatic N) is 2. The molecule has 0 aliphatic heterocycles. The van der Waals surface area contributed by atoms with E-state index in [4.69, 9.17) is 27.9 Å². The summed E-state index contributed by atoms with van der Waals surface area (Å²) in [6, 6.07) is 12.7. The Morgan fingerprint density at radius 2 is 1.96 bits per heavy atom. The third-order valence-corrected chi connectivity index (χ3v) is 4.94. The van der Waals surface area contributed by atoms with Crippen molar-refractivity contribution in [3.05, 3.63) is 58.8 Å². The van der Waals surface area contributed by atoms with E-state index in [-0.39, 0.29) is 6.61 Å². The SMILES string of the molecule is O[C@@H](COc1cc(Cl)ccc1Cl)CSc1ncnc2ccccc12. The smallest absolute Gasteiger partial charge is 0.139 e. The maximum Gasteiger partial charge on any atom is 0.139 e. The second kappa shape index (κ2) is 8.03. The number of ether oxygens (including phenoxy) is 1. The summed E-state index contributed by atoms with van der Waals surface area (Å²) in [5.41, 5.74) is 0.881.